The van der Waals surface area contributed by atoms with E-state index in [-0.39, 0.29) is 24.9 Å². The maximum absolute atomic E-state index is 11.6. The van der Waals surface area contributed by atoms with Crippen molar-refractivity contribution in [2.75, 3.05) is 11.9 Å². The molecule has 0 aliphatic rings. The minimum atomic E-state index is -0.363. The van der Waals surface area contributed by atoms with Gasteiger partial charge in [-0.25, -0.2) is 0 Å². The number of carbonyl (C=O) groups excluding carboxylic acids is 1. The van der Waals surface area contributed by atoms with E-state index in [1.165, 1.54) is 0 Å². The van der Waals surface area contributed by atoms with E-state index >= 15 is 0 Å². The number of ether oxygens (including phenoxy) is 1. The molecule has 0 saturated heterocycles. The molecule has 5 heteroatoms. The minimum Gasteiger partial charge on any atom is -0.508 e. The molecule has 0 fully saturated rings. The Morgan fingerprint density at radius 2 is 1.95 bits per heavy atom. The van der Waals surface area contributed by atoms with Gasteiger partial charge >= 0.3 is 5.97 Å². The number of hydrogen-bond acceptors (Lipinski definition) is 4. The highest BCUT2D eigenvalue weighted by Crippen LogP contribution is 2.14. The second kappa shape index (κ2) is 6.82. The second-order valence-electron chi connectivity index (χ2n) is 4.19. The van der Waals surface area contributed by atoms with Gasteiger partial charge < -0.3 is 15.2 Å². The van der Waals surface area contributed by atoms with E-state index < -0.39 is 0 Å². The van der Waals surface area contributed by atoms with E-state index in [9.17, 15) is 4.79 Å². The second-order valence-corrected chi connectivity index (χ2v) is 4.63. The maximum atomic E-state index is 11.6. The summed E-state index contributed by atoms with van der Waals surface area (Å²) in [4.78, 5) is 11.6. The van der Waals surface area contributed by atoms with E-state index in [0.717, 1.165) is 11.3 Å². The number of esters is 1. The van der Waals surface area contributed by atoms with Gasteiger partial charge in [-0.05, 0) is 42.0 Å². The van der Waals surface area contributed by atoms with Crippen LogP contribution in [0.2, 0.25) is 5.02 Å². The van der Waals surface area contributed by atoms with Crippen LogP contribution in [-0.2, 0) is 16.1 Å². The van der Waals surface area contributed by atoms with E-state index in [1.807, 2.05) is 6.07 Å². The molecule has 0 aliphatic heterocycles. The van der Waals surface area contributed by atoms with Crippen LogP contribution in [0.15, 0.2) is 48.5 Å². The molecule has 20 heavy (non-hydrogen) atoms. The molecule has 0 heterocycles. The SMILES string of the molecule is O=C(CNc1ccc(O)cc1)OCc1cccc(Cl)c1. The number of anilines is 1. The molecule has 0 bridgehead atoms. The van der Waals surface area contributed by atoms with Gasteiger partial charge in [0.25, 0.3) is 0 Å². The number of rotatable bonds is 5. The zero-order chi connectivity index (χ0) is 14.4. The zero-order valence-electron chi connectivity index (χ0n) is 10.7. The number of hydrogen-bond donors (Lipinski definition) is 2. The Kier molecular flexibility index (Phi) is 4.85. The van der Waals surface area contributed by atoms with Gasteiger partial charge in [-0.1, -0.05) is 23.7 Å². The number of benzene rings is 2. The normalized spacial score (nSPS) is 10.1. The fourth-order valence-electron chi connectivity index (χ4n) is 1.60. The van der Waals surface area contributed by atoms with Crippen LogP contribution in [0, 0.1) is 0 Å². The summed E-state index contributed by atoms with van der Waals surface area (Å²) >= 11 is 5.84. The van der Waals surface area contributed by atoms with E-state index in [4.69, 9.17) is 21.4 Å². The Labute approximate surface area is 122 Å². The largest absolute Gasteiger partial charge is 0.508 e. The van der Waals surface area contributed by atoms with Crippen LogP contribution in [-0.4, -0.2) is 17.6 Å². The van der Waals surface area contributed by atoms with Crippen molar-refractivity contribution >= 4 is 23.3 Å². The van der Waals surface area contributed by atoms with Crippen molar-refractivity contribution in [3.05, 3.63) is 59.1 Å². The number of phenols is 1. The van der Waals surface area contributed by atoms with Crippen molar-refractivity contribution in [3.63, 3.8) is 0 Å². The standard InChI is InChI=1S/C15H14ClNO3/c16-12-3-1-2-11(8-12)10-20-15(19)9-17-13-4-6-14(18)7-5-13/h1-8,17-18H,9-10H2. The summed E-state index contributed by atoms with van der Waals surface area (Å²) in [6.07, 6.45) is 0. The van der Waals surface area contributed by atoms with Crippen molar-refractivity contribution in [2.24, 2.45) is 0 Å². The summed E-state index contributed by atoms with van der Waals surface area (Å²) in [5, 5.41) is 12.7. The molecule has 2 rings (SSSR count). The Balaban J connectivity index is 1.77. The molecule has 104 valence electrons. The highest BCUT2D eigenvalue weighted by atomic mass is 35.5. The summed E-state index contributed by atoms with van der Waals surface area (Å²) in [5.74, 6) is -0.183. The van der Waals surface area contributed by atoms with Crippen LogP contribution in [0.4, 0.5) is 5.69 Å². The van der Waals surface area contributed by atoms with Crippen molar-refractivity contribution in [1.29, 1.82) is 0 Å². The van der Waals surface area contributed by atoms with E-state index in [0.29, 0.717) is 5.02 Å². The number of nitrogens with one attached hydrogen (secondary N) is 1. The molecule has 0 radical (unpaired) electrons. The fourth-order valence-corrected chi connectivity index (χ4v) is 1.81. The topological polar surface area (TPSA) is 58.6 Å². The number of phenolic OH excluding ortho intramolecular Hbond substituents is 1. The third kappa shape index (κ3) is 4.48. The predicted molar refractivity (Wildman–Crippen MR) is 77.8 cm³/mol. The first-order chi connectivity index (χ1) is 9.63. The van der Waals surface area contributed by atoms with E-state index in [2.05, 4.69) is 5.32 Å². The number of halogens is 1. The third-order valence-corrected chi connectivity index (χ3v) is 2.83. The average Bonchev–Trinajstić information content (AvgIpc) is 2.45. The maximum Gasteiger partial charge on any atom is 0.325 e. The van der Waals surface area contributed by atoms with Gasteiger partial charge in [0.15, 0.2) is 0 Å². The van der Waals surface area contributed by atoms with Gasteiger partial charge in [0.1, 0.15) is 18.9 Å². The van der Waals surface area contributed by atoms with Crippen molar-refractivity contribution in [3.8, 4) is 5.75 Å². The van der Waals surface area contributed by atoms with Gasteiger partial charge in [0.2, 0.25) is 0 Å². The van der Waals surface area contributed by atoms with Gasteiger partial charge in [0.05, 0.1) is 0 Å². The Hall–Kier alpha value is -2.20. The van der Waals surface area contributed by atoms with E-state index in [1.54, 1.807) is 42.5 Å². The molecule has 2 N–H and O–H groups in total. The lowest BCUT2D eigenvalue weighted by molar-refractivity contribution is -0.142. The zero-order valence-corrected chi connectivity index (χ0v) is 11.4. The quantitative estimate of drug-likeness (QED) is 0.656. The molecule has 0 amide bonds. The van der Waals surface area contributed by atoms with Crippen molar-refractivity contribution < 1.29 is 14.6 Å². The van der Waals surface area contributed by atoms with Crippen molar-refractivity contribution in [2.45, 2.75) is 6.61 Å². The van der Waals surface area contributed by atoms with Crippen LogP contribution in [0.3, 0.4) is 0 Å². The van der Waals surface area contributed by atoms with Crippen LogP contribution in [0.5, 0.6) is 5.75 Å². The lowest BCUT2D eigenvalue weighted by atomic mass is 10.2. The van der Waals surface area contributed by atoms with Gasteiger partial charge in [-0.15, -0.1) is 0 Å². The summed E-state index contributed by atoms with van der Waals surface area (Å²) in [5.41, 5.74) is 1.58. The average molecular weight is 292 g/mol. The van der Waals surface area contributed by atoms with Gasteiger partial charge in [0, 0.05) is 10.7 Å². The lowest BCUT2D eigenvalue weighted by Crippen LogP contribution is -2.16. The highest BCUT2D eigenvalue weighted by molar-refractivity contribution is 6.30. The van der Waals surface area contributed by atoms with Crippen LogP contribution >= 0.6 is 11.6 Å². The summed E-state index contributed by atoms with van der Waals surface area (Å²) in [7, 11) is 0. The van der Waals surface area contributed by atoms with Gasteiger partial charge in [-0.2, -0.15) is 0 Å². The summed E-state index contributed by atoms with van der Waals surface area (Å²) in [6, 6.07) is 13.6. The monoisotopic (exact) mass is 291 g/mol. The van der Waals surface area contributed by atoms with Crippen LogP contribution in [0.1, 0.15) is 5.56 Å². The molecule has 0 aromatic heterocycles. The lowest BCUT2D eigenvalue weighted by Gasteiger charge is -2.07. The highest BCUT2D eigenvalue weighted by Gasteiger charge is 2.03. The first-order valence-electron chi connectivity index (χ1n) is 6.06. The smallest absolute Gasteiger partial charge is 0.325 e. The Morgan fingerprint density at radius 3 is 2.65 bits per heavy atom. The molecule has 0 spiro atoms. The van der Waals surface area contributed by atoms with Crippen LogP contribution in [0.25, 0.3) is 0 Å². The van der Waals surface area contributed by atoms with Crippen LogP contribution < -0.4 is 5.32 Å². The third-order valence-electron chi connectivity index (χ3n) is 2.59. The Morgan fingerprint density at radius 1 is 1.20 bits per heavy atom. The fraction of sp³-hybridized carbons (Fsp3) is 0.133. The molecule has 0 unspecified atom stereocenters. The van der Waals surface area contributed by atoms with Crippen molar-refractivity contribution in [1.82, 2.24) is 0 Å². The minimum absolute atomic E-state index is 0.0609. The first kappa shape index (κ1) is 14.2. The summed E-state index contributed by atoms with van der Waals surface area (Å²) in [6.45, 7) is 0.252. The predicted octanol–water partition coefficient (Wildman–Crippen LogP) is 3.20. The Bertz CT molecular complexity index is 584. The summed E-state index contributed by atoms with van der Waals surface area (Å²) < 4.78 is 5.12. The number of carbonyl (C=O) groups is 1. The molecule has 4 nitrogen and oxygen atoms in total. The molecule has 2 aromatic rings. The molecule has 0 aliphatic carbocycles. The molecule has 2 aromatic carbocycles. The van der Waals surface area contributed by atoms with Gasteiger partial charge in [-0.3, -0.25) is 4.79 Å². The first-order valence-corrected chi connectivity index (χ1v) is 6.44. The molecule has 0 saturated carbocycles. The molecular weight excluding hydrogens is 278 g/mol. The molecule has 0 atom stereocenters. The number of aromatic hydroxyl groups is 1. The molecular formula is C15H14ClNO3.